The van der Waals surface area contributed by atoms with Crippen LogP contribution < -0.4 is 10.6 Å². The van der Waals surface area contributed by atoms with Crippen LogP contribution in [0.4, 0.5) is 0 Å². The molecule has 2 aliphatic rings. The molecule has 1 aromatic rings. The van der Waals surface area contributed by atoms with Gasteiger partial charge in [-0.1, -0.05) is 6.92 Å². The van der Waals surface area contributed by atoms with Crippen LogP contribution in [0.1, 0.15) is 33.7 Å². The topological polar surface area (TPSA) is 91.4 Å². The number of piperazine rings is 1. The average molecular weight is 322 g/mol. The zero-order valence-corrected chi connectivity index (χ0v) is 13.3. The monoisotopic (exact) mass is 322 g/mol. The number of nitrogens with zero attached hydrogens (tertiary/aromatic N) is 2. The number of hydrogen-bond acceptors (Lipinski definition) is 5. The third-order valence-electron chi connectivity index (χ3n) is 4.02. The van der Waals surface area contributed by atoms with Gasteiger partial charge in [0, 0.05) is 12.6 Å². The van der Waals surface area contributed by atoms with Crippen molar-refractivity contribution in [1.82, 2.24) is 20.5 Å². The number of aromatic nitrogens is 1. The number of hydrogen-bond donors (Lipinski definition) is 2. The molecule has 2 N–H and O–H groups in total. The lowest BCUT2D eigenvalue weighted by atomic mass is 10.1. The predicted octanol–water partition coefficient (Wildman–Crippen LogP) is -0.157. The lowest BCUT2D eigenvalue weighted by Crippen LogP contribution is -2.55. The third-order valence-corrected chi connectivity index (χ3v) is 5.03. The largest absolute Gasteiger partial charge is 0.347 e. The first-order valence-corrected chi connectivity index (χ1v) is 8.15. The Kier molecular flexibility index (Phi) is 3.86. The lowest BCUT2D eigenvalue weighted by molar-refractivity contribution is -0.143. The van der Waals surface area contributed by atoms with Crippen LogP contribution in [0.5, 0.6) is 0 Å². The van der Waals surface area contributed by atoms with Crippen LogP contribution in [0.25, 0.3) is 0 Å². The smallest absolute Gasteiger partial charge is 0.263 e. The van der Waals surface area contributed by atoms with Crippen molar-refractivity contribution in [2.24, 2.45) is 0 Å². The first-order valence-electron chi connectivity index (χ1n) is 7.34. The highest BCUT2D eigenvalue weighted by atomic mass is 32.1. The fourth-order valence-corrected chi connectivity index (χ4v) is 3.90. The molecule has 0 unspecified atom stereocenters. The second-order valence-corrected chi connectivity index (χ2v) is 6.75. The summed E-state index contributed by atoms with van der Waals surface area (Å²) in [6, 6.07) is -0.655. The van der Waals surface area contributed by atoms with Crippen molar-refractivity contribution in [1.29, 1.82) is 0 Å². The zero-order valence-electron chi connectivity index (χ0n) is 12.5. The molecule has 0 saturated carbocycles. The minimum absolute atomic E-state index is 0.0457. The molecule has 7 nitrogen and oxygen atoms in total. The van der Waals surface area contributed by atoms with Gasteiger partial charge in [0.25, 0.3) is 5.91 Å². The molecule has 0 radical (unpaired) electrons. The van der Waals surface area contributed by atoms with Crippen molar-refractivity contribution in [3.05, 3.63) is 15.6 Å². The fourth-order valence-electron chi connectivity index (χ4n) is 2.99. The van der Waals surface area contributed by atoms with E-state index in [1.165, 1.54) is 11.3 Å². The van der Waals surface area contributed by atoms with Crippen molar-refractivity contribution >= 4 is 29.1 Å². The van der Waals surface area contributed by atoms with E-state index in [4.69, 9.17) is 0 Å². The number of amides is 3. The summed E-state index contributed by atoms with van der Waals surface area (Å²) in [6.45, 7) is 4.27. The average Bonchev–Trinajstić information content (AvgIpc) is 3.07. The van der Waals surface area contributed by atoms with Crippen molar-refractivity contribution in [3.63, 3.8) is 0 Å². The van der Waals surface area contributed by atoms with Crippen LogP contribution in [-0.2, 0) is 16.0 Å². The predicted molar refractivity (Wildman–Crippen MR) is 80.6 cm³/mol. The Balaban J connectivity index is 1.70. The summed E-state index contributed by atoms with van der Waals surface area (Å²) in [4.78, 5) is 42.6. The molecule has 1 aromatic heterocycles. The maximum atomic E-state index is 12.4. The number of fused-ring (bicyclic) bond motifs is 1. The molecule has 0 spiro atoms. The van der Waals surface area contributed by atoms with Gasteiger partial charge in [-0.25, -0.2) is 4.98 Å². The SMILES string of the molecule is CCc1nc(C)sc1C(=O)N[C@H]1C[C@H]2C(=O)NCC(=O)N2C1. The molecule has 3 heterocycles. The van der Waals surface area contributed by atoms with Gasteiger partial charge >= 0.3 is 0 Å². The van der Waals surface area contributed by atoms with E-state index in [1.54, 1.807) is 4.90 Å². The molecule has 0 aromatic carbocycles. The van der Waals surface area contributed by atoms with Gasteiger partial charge in [-0.05, 0) is 19.8 Å². The third kappa shape index (κ3) is 2.58. The summed E-state index contributed by atoms with van der Waals surface area (Å²) in [5, 5.41) is 6.38. The van der Waals surface area contributed by atoms with E-state index in [0.29, 0.717) is 24.3 Å². The second-order valence-electron chi connectivity index (χ2n) is 5.55. The van der Waals surface area contributed by atoms with Crippen molar-refractivity contribution < 1.29 is 14.4 Å². The maximum absolute atomic E-state index is 12.4. The van der Waals surface area contributed by atoms with Gasteiger partial charge in [-0.15, -0.1) is 11.3 Å². The summed E-state index contributed by atoms with van der Waals surface area (Å²) in [7, 11) is 0. The number of aryl methyl sites for hydroxylation is 2. The van der Waals surface area contributed by atoms with Crippen LogP contribution in [0.2, 0.25) is 0 Å². The Morgan fingerprint density at radius 1 is 1.50 bits per heavy atom. The molecule has 2 aliphatic heterocycles. The van der Waals surface area contributed by atoms with Gasteiger partial charge < -0.3 is 15.5 Å². The molecule has 2 saturated heterocycles. The quantitative estimate of drug-likeness (QED) is 0.809. The number of carbonyl (C=O) groups is 3. The number of thiazole rings is 1. The van der Waals surface area contributed by atoms with E-state index < -0.39 is 6.04 Å². The standard InChI is InChI=1S/C14H18N4O3S/c1-3-9-12(22-7(2)16-9)14(21)17-8-4-10-13(20)15-5-11(19)18(10)6-8/h8,10H,3-6H2,1-2H3,(H,15,20)(H,17,21)/t8-,10-/m0/s1. The van der Waals surface area contributed by atoms with E-state index in [2.05, 4.69) is 15.6 Å². The van der Waals surface area contributed by atoms with Crippen LogP contribution in [0.3, 0.4) is 0 Å². The van der Waals surface area contributed by atoms with Crippen molar-refractivity contribution in [3.8, 4) is 0 Å². The highest BCUT2D eigenvalue weighted by molar-refractivity contribution is 7.13. The van der Waals surface area contributed by atoms with E-state index >= 15 is 0 Å². The van der Waals surface area contributed by atoms with E-state index in [1.807, 2.05) is 13.8 Å². The van der Waals surface area contributed by atoms with E-state index in [-0.39, 0.29) is 30.3 Å². The van der Waals surface area contributed by atoms with Gasteiger partial charge in [-0.3, -0.25) is 14.4 Å². The fraction of sp³-hybridized carbons (Fsp3) is 0.571. The van der Waals surface area contributed by atoms with Crippen molar-refractivity contribution in [2.75, 3.05) is 13.1 Å². The molecule has 22 heavy (non-hydrogen) atoms. The lowest BCUT2D eigenvalue weighted by Gasteiger charge is -2.28. The molecular weight excluding hydrogens is 304 g/mol. The highest BCUT2D eigenvalue weighted by Gasteiger charge is 2.43. The van der Waals surface area contributed by atoms with E-state index in [0.717, 1.165) is 10.7 Å². The van der Waals surface area contributed by atoms with Crippen LogP contribution in [-0.4, -0.2) is 52.8 Å². The molecule has 0 bridgehead atoms. The second kappa shape index (κ2) is 5.68. The molecule has 2 atom stereocenters. The Hall–Kier alpha value is -1.96. The minimum Gasteiger partial charge on any atom is -0.347 e. The Morgan fingerprint density at radius 2 is 2.27 bits per heavy atom. The molecule has 8 heteroatoms. The normalized spacial score (nSPS) is 24.2. The summed E-state index contributed by atoms with van der Waals surface area (Å²) in [5.74, 6) is -0.399. The first kappa shape index (κ1) is 15.0. The van der Waals surface area contributed by atoms with E-state index in [9.17, 15) is 14.4 Å². The highest BCUT2D eigenvalue weighted by Crippen LogP contribution is 2.23. The number of nitrogens with one attached hydrogen (secondary N) is 2. The van der Waals surface area contributed by atoms with Gasteiger partial charge in [0.1, 0.15) is 10.9 Å². The Bertz CT molecular complexity index is 618. The molecule has 2 fully saturated rings. The Morgan fingerprint density at radius 3 is 2.95 bits per heavy atom. The van der Waals surface area contributed by atoms with Gasteiger partial charge in [0.15, 0.2) is 0 Å². The molecule has 118 valence electrons. The zero-order chi connectivity index (χ0) is 15.9. The number of carbonyl (C=O) groups excluding carboxylic acids is 3. The first-order chi connectivity index (χ1) is 10.5. The van der Waals surface area contributed by atoms with Crippen molar-refractivity contribution in [2.45, 2.75) is 38.8 Å². The molecular formula is C14H18N4O3S. The van der Waals surface area contributed by atoms with Gasteiger partial charge in [0.2, 0.25) is 11.8 Å². The Labute approximate surface area is 132 Å². The minimum atomic E-state index is -0.458. The summed E-state index contributed by atoms with van der Waals surface area (Å²) >= 11 is 1.37. The summed E-state index contributed by atoms with van der Waals surface area (Å²) in [5.41, 5.74) is 0.796. The van der Waals surface area contributed by atoms with Crippen LogP contribution >= 0.6 is 11.3 Å². The molecule has 3 rings (SSSR count). The maximum Gasteiger partial charge on any atom is 0.263 e. The van der Waals surface area contributed by atoms with Crippen LogP contribution in [0.15, 0.2) is 0 Å². The number of rotatable bonds is 3. The van der Waals surface area contributed by atoms with Gasteiger partial charge in [0.05, 0.1) is 17.2 Å². The molecule has 0 aliphatic carbocycles. The summed E-state index contributed by atoms with van der Waals surface area (Å²) < 4.78 is 0. The molecule has 3 amide bonds. The van der Waals surface area contributed by atoms with Gasteiger partial charge in [-0.2, -0.15) is 0 Å². The summed E-state index contributed by atoms with van der Waals surface area (Å²) in [6.07, 6.45) is 1.16. The van der Waals surface area contributed by atoms with Crippen LogP contribution in [0, 0.1) is 6.92 Å².